The van der Waals surface area contributed by atoms with Crippen LogP contribution in [0.25, 0.3) is 0 Å². The Bertz CT molecular complexity index is 456. The fourth-order valence-corrected chi connectivity index (χ4v) is 2.99. The average Bonchev–Trinajstić information content (AvgIpc) is 2.63. The number of carboxylic acid groups (broad SMARTS) is 1. The Morgan fingerprint density at radius 3 is 2.84 bits per heavy atom. The molecule has 1 N–H and O–H groups in total. The summed E-state index contributed by atoms with van der Waals surface area (Å²) in [6.07, 6.45) is 5.91. The molecule has 0 spiro atoms. The number of benzene rings is 1. The van der Waals surface area contributed by atoms with Crippen molar-refractivity contribution in [3.05, 3.63) is 29.3 Å². The highest BCUT2D eigenvalue weighted by Gasteiger charge is 2.23. The van der Waals surface area contributed by atoms with Crippen LogP contribution in [-0.4, -0.2) is 23.7 Å². The van der Waals surface area contributed by atoms with Gasteiger partial charge in [0.1, 0.15) is 0 Å². The number of carbonyl (C=O) groups is 1. The molecule has 1 heterocycles. The minimum atomic E-state index is -0.821. The molecule has 1 aromatic carbocycles. The summed E-state index contributed by atoms with van der Waals surface area (Å²) in [7, 11) is 0. The van der Waals surface area contributed by atoms with Crippen LogP contribution >= 0.6 is 0 Å². The Hall–Kier alpha value is -1.51. The van der Waals surface area contributed by atoms with Gasteiger partial charge in [0.2, 0.25) is 0 Å². The third-order valence-corrected chi connectivity index (χ3v) is 4.04. The van der Waals surface area contributed by atoms with Gasteiger partial charge in [-0.2, -0.15) is 0 Å². The van der Waals surface area contributed by atoms with Gasteiger partial charge in [-0.15, -0.1) is 0 Å². The normalized spacial score (nSPS) is 20.1. The van der Waals surface area contributed by atoms with Crippen molar-refractivity contribution in [3.8, 4) is 0 Å². The summed E-state index contributed by atoms with van der Waals surface area (Å²) >= 11 is 0. The largest absolute Gasteiger partial charge is 0.478 e. The molecule has 0 radical (unpaired) electrons. The highest BCUT2D eigenvalue weighted by atomic mass is 16.4. The Labute approximate surface area is 115 Å². The molecule has 1 saturated heterocycles. The van der Waals surface area contributed by atoms with Gasteiger partial charge in [-0.25, -0.2) is 4.79 Å². The van der Waals surface area contributed by atoms with E-state index in [1.165, 1.54) is 19.3 Å². The van der Waals surface area contributed by atoms with E-state index in [2.05, 4.69) is 11.8 Å². The van der Waals surface area contributed by atoms with Crippen molar-refractivity contribution in [1.82, 2.24) is 0 Å². The molecule has 19 heavy (non-hydrogen) atoms. The molecule has 0 aromatic heterocycles. The van der Waals surface area contributed by atoms with E-state index in [0.717, 1.165) is 30.6 Å². The Kier molecular flexibility index (Phi) is 4.46. The van der Waals surface area contributed by atoms with Crippen molar-refractivity contribution in [3.63, 3.8) is 0 Å². The topological polar surface area (TPSA) is 40.5 Å². The van der Waals surface area contributed by atoms with Crippen LogP contribution in [0.1, 0.15) is 54.9 Å². The molecule has 0 aliphatic carbocycles. The lowest BCUT2D eigenvalue weighted by Crippen LogP contribution is -2.35. The summed E-state index contributed by atoms with van der Waals surface area (Å²) in [5, 5.41) is 9.42. The molecule has 2 rings (SSSR count). The molecule has 0 amide bonds. The maximum atomic E-state index is 11.5. The van der Waals surface area contributed by atoms with Crippen LogP contribution in [0, 0.1) is 6.92 Å². The summed E-state index contributed by atoms with van der Waals surface area (Å²) < 4.78 is 0. The number of hydrogen-bond acceptors (Lipinski definition) is 2. The minimum absolute atomic E-state index is 0.445. The number of anilines is 1. The second kappa shape index (κ2) is 6.09. The standard InChI is InChI=1S/C16H23NO2/c1-3-13-7-5-4-6-10-17(13)15-9-8-12(2)11-14(15)16(18)19/h8-9,11,13H,3-7,10H2,1-2H3,(H,18,19). The van der Waals surface area contributed by atoms with Gasteiger partial charge in [-0.05, 0) is 38.3 Å². The maximum Gasteiger partial charge on any atom is 0.337 e. The lowest BCUT2D eigenvalue weighted by molar-refractivity contribution is 0.0697. The van der Waals surface area contributed by atoms with Crippen molar-refractivity contribution in [2.75, 3.05) is 11.4 Å². The average molecular weight is 261 g/mol. The molecule has 0 saturated carbocycles. The summed E-state index contributed by atoms with van der Waals surface area (Å²) in [5.74, 6) is -0.821. The zero-order valence-corrected chi connectivity index (χ0v) is 11.9. The van der Waals surface area contributed by atoms with E-state index in [-0.39, 0.29) is 0 Å². The third-order valence-electron chi connectivity index (χ3n) is 4.04. The summed E-state index contributed by atoms with van der Waals surface area (Å²) in [4.78, 5) is 13.8. The monoisotopic (exact) mass is 261 g/mol. The molecular formula is C16H23NO2. The molecule has 1 atom stereocenters. The van der Waals surface area contributed by atoms with Crippen molar-refractivity contribution in [2.45, 2.75) is 52.0 Å². The Balaban J connectivity index is 2.40. The predicted molar refractivity (Wildman–Crippen MR) is 78.0 cm³/mol. The fourth-order valence-electron chi connectivity index (χ4n) is 2.99. The van der Waals surface area contributed by atoms with E-state index >= 15 is 0 Å². The van der Waals surface area contributed by atoms with E-state index in [4.69, 9.17) is 0 Å². The van der Waals surface area contributed by atoms with E-state index in [1.807, 2.05) is 19.1 Å². The van der Waals surface area contributed by atoms with Crippen LogP contribution in [0.5, 0.6) is 0 Å². The molecule has 3 nitrogen and oxygen atoms in total. The SMILES string of the molecule is CCC1CCCCCN1c1ccc(C)cc1C(=O)O. The van der Waals surface area contributed by atoms with Crippen LogP contribution in [0.15, 0.2) is 18.2 Å². The van der Waals surface area contributed by atoms with Crippen LogP contribution in [0.2, 0.25) is 0 Å². The second-order valence-electron chi connectivity index (χ2n) is 5.43. The first kappa shape index (κ1) is 13.9. The maximum absolute atomic E-state index is 11.5. The van der Waals surface area contributed by atoms with Gasteiger partial charge in [0.25, 0.3) is 0 Å². The van der Waals surface area contributed by atoms with Crippen LogP contribution < -0.4 is 4.90 Å². The first-order valence-corrected chi connectivity index (χ1v) is 7.24. The second-order valence-corrected chi connectivity index (χ2v) is 5.43. The van der Waals surface area contributed by atoms with E-state index in [1.54, 1.807) is 6.07 Å². The van der Waals surface area contributed by atoms with E-state index in [9.17, 15) is 9.90 Å². The highest BCUT2D eigenvalue weighted by molar-refractivity contribution is 5.94. The van der Waals surface area contributed by atoms with Crippen LogP contribution in [0.4, 0.5) is 5.69 Å². The number of rotatable bonds is 3. The number of aromatic carboxylic acids is 1. The number of carboxylic acids is 1. The molecular weight excluding hydrogens is 238 g/mol. The summed E-state index contributed by atoms with van der Waals surface area (Å²) in [6, 6.07) is 6.25. The highest BCUT2D eigenvalue weighted by Crippen LogP contribution is 2.29. The van der Waals surface area contributed by atoms with Gasteiger partial charge in [-0.3, -0.25) is 0 Å². The number of nitrogens with zero attached hydrogens (tertiary/aromatic N) is 1. The molecule has 1 aliphatic heterocycles. The lowest BCUT2D eigenvalue weighted by atomic mass is 10.0. The molecule has 104 valence electrons. The quantitative estimate of drug-likeness (QED) is 0.898. The van der Waals surface area contributed by atoms with Crippen molar-refractivity contribution in [1.29, 1.82) is 0 Å². The van der Waals surface area contributed by atoms with Crippen LogP contribution in [0.3, 0.4) is 0 Å². The third kappa shape index (κ3) is 3.09. The smallest absolute Gasteiger partial charge is 0.337 e. The van der Waals surface area contributed by atoms with E-state index in [0.29, 0.717) is 11.6 Å². The first-order chi connectivity index (χ1) is 9.13. The Morgan fingerprint density at radius 1 is 1.37 bits per heavy atom. The lowest BCUT2D eigenvalue weighted by Gasteiger charge is -2.32. The minimum Gasteiger partial charge on any atom is -0.478 e. The summed E-state index contributed by atoms with van der Waals surface area (Å²) in [6.45, 7) is 5.11. The molecule has 3 heteroatoms. The Morgan fingerprint density at radius 2 is 2.16 bits per heavy atom. The predicted octanol–water partition coefficient (Wildman–Crippen LogP) is 3.85. The zero-order chi connectivity index (χ0) is 13.8. The van der Waals surface area contributed by atoms with Gasteiger partial charge in [0.15, 0.2) is 0 Å². The van der Waals surface area contributed by atoms with Crippen molar-refractivity contribution in [2.24, 2.45) is 0 Å². The van der Waals surface area contributed by atoms with Crippen molar-refractivity contribution >= 4 is 11.7 Å². The molecule has 1 unspecified atom stereocenters. The van der Waals surface area contributed by atoms with Gasteiger partial charge >= 0.3 is 5.97 Å². The van der Waals surface area contributed by atoms with Gasteiger partial charge in [0, 0.05) is 12.6 Å². The zero-order valence-electron chi connectivity index (χ0n) is 11.9. The summed E-state index contributed by atoms with van der Waals surface area (Å²) in [5.41, 5.74) is 2.34. The van der Waals surface area contributed by atoms with E-state index < -0.39 is 5.97 Å². The van der Waals surface area contributed by atoms with Gasteiger partial charge in [0.05, 0.1) is 11.3 Å². The molecule has 1 fully saturated rings. The molecule has 0 bridgehead atoms. The van der Waals surface area contributed by atoms with Crippen LogP contribution in [-0.2, 0) is 0 Å². The fraction of sp³-hybridized carbons (Fsp3) is 0.562. The van der Waals surface area contributed by atoms with Gasteiger partial charge < -0.3 is 10.0 Å². The molecule has 1 aromatic rings. The van der Waals surface area contributed by atoms with Crippen molar-refractivity contribution < 1.29 is 9.90 Å². The first-order valence-electron chi connectivity index (χ1n) is 7.24. The van der Waals surface area contributed by atoms with Gasteiger partial charge in [-0.1, -0.05) is 31.4 Å². The molecule has 1 aliphatic rings. The number of hydrogen-bond donors (Lipinski definition) is 1. The number of aryl methyl sites for hydroxylation is 1.